The van der Waals surface area contributed by atoms with Crippen molar-refractivity contribution >= 4 is 5.70 Å². The van der Waals surface area contributed by atoms with Gasteiger partial charge in [-0.05, 0) is 42.7 Å². The molecule has 1 saturated heterocycles. The summed E-state index contributed by atoms with van der Waals surface area (Å²) in [6.07, 6.45) is 6.16. The van der Waals surface area contributed by atoms with Crippen LogP contribution in [0.4, 0.5) is 0 Å². The molecule has 2 fully saturated rings. The van der Waals surface area contributed by atoms with E-state index in [1.54, 1.807) is 7.11 Å². The van der Waals surface area contributed by atoms with E-state index in [4.69, 9.17) is 23.8 Å². The lowest BCUT2D eigenvalue weighted by Gasteiger charge is -2.18. The van der Waals surface area contributed by atoms with Crippen LogP contribution < -0.4 is 15.0 Å². The molecule has 2 aromatic carbocycles. The number of methoxy groups -OCH3 is 1. The molecule has 0 aromatic heterocycles. The van der Waals surface area contributed by atoms with Crippen LogP contribution in [0.5, 0.6) is 11.5 Å². The molecular formula is C25H29NO5. The SMILES string of the molecule is COc1ccc(C2=CC3(CCOC3)ON2)cc1OC1CCC(OCc2ccccc2)C1. The van der Waals surface area contributed by atoms with Gasteiger partial charge < -0.3 is 18.9 Å². The molecule has 1 saturated carbocycles. The number of hydroxylamine groups is 1. The van der Waals surface area contributed by atoms with Gasteiger partial charge in [0.15, 0.2) is 11.5 Å². The summed E-state index contributed by atoms with van der Waals surface area (Å²) in [5, 5.41) is 0. The minimum absolute atomic E-state index is 0.112. The van der Waals surface area contributed by atoms with Crippen molar-refractivity contribution in [2.45, 2.75) is 50.1 Å². The summed E-state index contributed by atoms with van der Waals surface area (Å²) in [6.45, 7) is 1.94. The van der Waals surface area contributed by atoms with Crippen LogP contribution in [-0.4, -0.2) is 38.1 Å². The van der Waals surface area contributed by atoms with Gasteiger partial charge in [-0.25, -0.2) is 0 Å². The average molecular weight is 424 g/mol. The third-order valence-corrected chi connectivity index (χ3v) is 6.22. The first kappa shape index (κ1) is 20.4. The first-order valence-corrected chi connectivity index (χ1v) is 11.0. The van der Waals surface area contributed by atoms with E-state index in [1.165, 1.54) is 5.56 Å². The molecule has 2 aliphatic heterocycles. The predicted octanol–water partition coefficient (Wildman–Crippen LogP) is 4.25. The van der Waals surface area contributed by atoms with Gasteiger partial charge in [-0.15, -0.1) is 0 Å². The Balaban J connectivity index is 1.23. The van der Waals surface area contributed by atoms with E-state index in [9.17, 15) is 0 Å². The van der Waals surface area contributed by atoms with Crippen molar-refractivity contribution in [3.63, 3.8) is 0 Å². The molecule has 164 valence electrons. The van der Waals surface area contributed by atoms with E-state index in [1.807, 2.05) is 36.4 Å². The third kappa shape index (κ3) is 4.56. The Hall–Kier alpha value is -2.54. The van der Waals surface area contributed by atoms with Crippen molar-refractivity contribution < 1.29 is 23.8 Å². The first-order chi connectivity index (χ1) is 15.2. The van der Waals surface area contributed by atoms with Crippen molar-refractivity contribution in [1.82, 2.24) is 5.48 Å². The monoisotopic (exact) mass is 423 g/mol. The second-order valence-corrected chi connectivity index (χ2v) is 8.47. The number of hydrogen-bond acceptors (Lipinski definition) is 6. The maximum Gasteiger partial charge on any atom is 0.162 e. The second kappa shape index (κ2) is 8.91. The summed E-state index contributed by atoms with van der Waals surface area (Å²) in [6, 6.07) is 16.3. The molecule has 1 N–H and O–H groups in total. The van der Waals surface area contributed by atoms with E-state index >= 15 is 0 Å². The van der Waals surface area contributed by atoms with Crippen LogP contribution >= 0.6 is 0 Å². The zero-order valence-electron chi connectivity index (χ0n) is 17.8. The van der Waals surface area contributed by atoms with Crippen LogP contribution in [0.1, 0.15) is 36.8 Å². The number of nitrogens with one attached hydrogen (secondary N) is 1. The quantitative estimate of drug-likeness (QED) is 0.719. The zero-order valence-corrected chi connectivity index (χ0v) is 17.8. The minimum Gasteiger partial charge on any atom is -0.493 e. The molecule has 0 radical (unpaired) electrons. The number of rotatable bonds is 7. The van der Waals surface area contributed by atoms with Gasteiger partial charge in [0.2, 0.25) is 0 Å². The molecule has 6 heteroatoms. The molecule has 0 bridgehead atoms. The lowest BCUT2D eigenvalue weighted by molar-refractivity contribution is -0.0373. The van der Waals surface area contributed by atoms with E-state index in [2.05, 4.69) is 23.7 Å². The standard InChI is InChI=1S/C25H29NO5/c1-27-23-10-7-19(22-15-25(31-26-22)11-12-28-17-25)13-24(23)30-21-9-8-20(14-21)29-16-18-5-3-2-4-6-18/h2-7,10,13,15,20-21,26H,8-9,11-12,14,16-17H2,1H3. The normalized spacial score (nSPS) is 27.3. The summed E-state index contributed by atoms with van der Waals surface area (Å²) < 4.78 is 23.5. The van der Waals surface area contributed by atoms with Gasteiger partial charge in [-0.2, -0.15) is 0 Å². The molecule has 2 aromatic rings. The third-order valence-electron chi connectivity index (χ3n) is 6.22. The molecule has 1 aliphatic carbocycles. The molecule has 1 spiro atoms. The van der Waals surface area contributed by atoms with Crippen molar-refractivity contribution in [3.05, 3.63) is 65.7 Å². The maximum atomic E-state index is 6.37. The highest BCUT2D eigenvalue weighted by Crippen LogP contribution is 2.37. The van der Waals surface area contributed by atoms with Crippen LogP contribution in [0.25, 0.3) is 5.70 Å². The van der Waals surface area contributed by atoms with Crippen molar-refractivity contribution in [2.75, 3.05) is 20.3 Å². The van der Waals surface area contributed by atoms with E-state index in [0.717, 1.165) is 55.0 Å². The molecular weight excluding hydrogens is 394 g/mol. The topological polar surface area (TPSA) is 58.2 Å². The van der Waals surface area contributed by atoms with Crippen LogP contribution in [-0.2, 0) is 20.9 Å². The molecule has 2 heterocycles. The van der Waals surface area contributed by atoms with Crippen molar-refractivity contribution in [2.24, 2.45) is 0 Å². The summed E-state index contributed by atoms with van der Waals surface area (Å²) in [4.78, 5) is 5.82. The smallest absolute Gasteiger partial charge is 0.162 e. The fourth-order valence-corrected chi connectivity index (χ4v) is 4.44. The maximum absolute atomic E-state index is 6.37. The predicted molar refractivity (Wildman–Crippen MR) is 117 cm³/mol. The highest BCUT2D eigenvalue weighted by Gasteiger charge is 2.39. The highest BCUT2D eigenvalue weighted by atomic mass is 16.7. The molecule has 3 atom stereocenters. The van der Waals surface area contributed by atoms with Gasteiger partial charge in [0.25, 0.3) is 0 Å². The van der Waals surface area contributed by atoms with E-state index in [0.29, 0.717) is 13.2 Å². The molecule has 3 unspecified atom stereocenters. The van der Waals surface area contributed by atoms with E-state index < -0.39 is 0 Å². The summed E-state index contributed by atoms with van der Waals surface area (Å²) in [7, 11) is 1.67. The van der Waals surface area contributed by atoms with Crippen molar-refractivity contribution in [3.8, 4) is 11.5 Å². The molecule has 0 amide bonds. The van der Waals surface area contributed by atoms with E-state index in [-0.39, 0.29) is 17.8 Å². The lowest BCUT2D eigenvalue weighted by Crippen LogP contribution is -2.29. The minimum atomic E-state index is -0.356. The Bertz CT molecular complexity index is 923. The zero-order chi connectivity index (χ0) is 21.1. The van der Waals surface area contributed by atoms with Crippen LogP contribution in [0, 0.1) is 0 Å². The average Bonchev–Trinajstić information content (AvgIpc) is 3.56. The van der Waals surface area contributed by atoms with Gasteiger partial charge in [-0.1, -0.05) is 30.3 Å². The Morgan fingerprint density at radius 3 is 2.74 bits per heavy atom. The summed E-state index contributed by atoms with van der Waals surface area (Å²) in [5.74, 6) is 1.48. The highest BCUT2D eigenvalue weighted by molar-refractivity contribution is 5.68. The Morgan fingerprint density at radius 1 is 1.06 bits per heavy atom. The molecule has 3 aliphatic rings. The number of ether oxygens (including phenoxy) is 4. The Labute approximate surface area is 183 Å². The summed E-state index contributed by atoms with van der Waals surface area (Å²) >= 11 is 0. The van der Waals surface area contributed by atoms with Crippen LogP contribution in [0.2, 0.25) is 0 Å². The van der Waals surface area contributed by atoms with Crippen LogP contribution in [0.3, 0.4) is 0 Å². The largest absolute Gasteiger partial charge is 0.493 e. The van der Waals surface area contributed by atoms with Crippen molar-refractivity contribution in [1.29, 1.82) is 0 Å². The van der Waals surface area contributed by atoms with Gasteiger partial charge in [0, 0.05) is 25.0 Å². The Morgan fingerprint density at radius 2 is 1.94 bits per heavy atom. The fraction of sp³-hybridized carbons (Fsp3) is 0.440. The first-order valence-electron chi connectivity index (χ1n) is 11.0. The van der Waals surface area contributed by atoms with Gasteiger partial charge in [-0.3, -0.25) is 10.3 Å². The number of hydrogen-bond donors (Lipinski definition) is 1. The molecule has 31 heavy (non-hydrogen) atoms. The number of benzene rings is 2. The lowest BCUT2D eigenvalue weighted by atomic mass is 10.0. The molecule has 6 nitrogen and oxygen atoms in total. The second-order valence-electron chi connectivity index (χ2n) is 8.47. The van der Waals surface area contributed by atoms with Gasteiger partial charge in [0.05, 0.1) is 32.1 Å². The van der Waals surface area contributed by atoms with Gasteiger partial charge >= 0.3 is 0 Å². The fourth-order valence-electron chi connectivity index (χ4n) is 4.44. The van der Waals surface area contributed by atoms with Gasteiger partial charge in [0.1, 0.15) is 11.7 Å². The summed E-state index contributed by atoms with van der Waals surface area (Å²) in [5.41, 5.74) is 5.86. The van der Waals surface area contributed by atoms with Crippen LogP contribution in [0.15, 0.2) is 54.6 Å². The Kier molecular flexibility index (Phi) is 5.85. The molecule has 5 rings (SSSR count).